The van der Waals surface area contributed by atoms with Crippen molar-refractivity contribution in [2.75, 3.05) is 11.9 Å². The Kier molecular flexibility index (Phi) is 4.72. The monoisotopic (exact) mass is 321 g/mol. The van der Waals surface area contributed by atoms with Crippen LogP contribution in [0.5, 0.6) is 0 Å². The molecular formula is C10H16IN3O. The number of aromatic nitrogens is 2. The summed E-state index contributed by atoms with van der Waals surface area (Å²) in [6.07, 6.45) is 4.99. The summed E-state index contributed by atoms with van der Waals surface area (Å²) in [6.45, 7) is 4.22. The van der Waals surface area contributed by atoms with E-state index in [0.29, 0.717) is 0 Å². The summed E-state index contributed by atoms with van der Waals surface area (Å²) in [7, 11) is 0. The van der Waals surface area contributed by atoms with E-state index in [2.05, 4.69) is 51.7 Å². The first kappa shape index (κ1) is 12.6. The van der Waals surface area contributed by atoms with Crippen molar-refractivity contribution in [3.8, 4) is 0 Å². The van der Waals surface area contributed by atoms with Gasteiger partial charge in [-0.2, -0.15) is 0 Å². The first-order valence-electron chi connectivity index (χ1n) is 5.02. The number of halogens is 1. The lowest BCUT2D eigenvalue weighted by Crippen LogP contribution is -2.41. The molecule has 0 radical (unpaired) electrons. The van der Waals surface area contributed by atoms with Crippen molar-refractivity contribution in [2.24, 2.45) is 0 Å². The van der Waals surface area contributed by atoms with Crippen LogP contribution in [-0.2, 0) is 0 Å². The third-order valence-corrected chi connectivity index (χ3v) is 3.50. The van der Waals surface area contributed by atoms with E-state index in [1.54, 1.807) is 6.20 Å². The van der Waals surface area contributed by atoms with Crippen molar-refractivity contribution in [3.63, 3.8) is 0 Å². The largest absolute Gasteiger partial charge is 0.394 e. The molecule has 0 amide bonds. The molecule has 0 aliphatic carbocycles. The first-order chi connectivity index (χ1) is 7.17. The van der Waals surface area contributed by atoms with Crippen LogP contribution in [-0.4, -0.2) is 27.2 Å². The van der Waals surface area contributed by atoms with Gasteiger partial charge < -0.3 is 10.4 Å². The van der Waals surface area contributed by atoms with E-state index in [-0.39, 0.29) is 12.1 Å². The van der Waals surface area contributed by atoms with Gasteiger partial charge >= 0.3 is 0 Å². The number of hydrogen-bond donors (Lipinski definition) is 2. The van der Waals surface area contributed by atoms with Gasteiger partial charge in [-0.25, -0.2) is 9.97 Å². The van der Waals surface area contributed by atoms with Gasteiger partial charge in [0.2, 0.25) is 0 Å². The molecule has 4 nitrogen and oxygen atoms in total. The minimum absolute atomic E-state index is 0.111. The molecule has 0 bridgehead atoms. The quantitative estimate of drug-likeness (QED) is 0.815. The number of rotatable bonds is 5. The summed E-state index contributed by atoms with van der Waals surface area (Å²) in [5, 5.41) is 12.7. The minimum atomic E-state index is -0.270. The van der Waals surface area contributed by atoms with Crippen LogP contribution < -0.4 is 5.32 Å². The lowest BCUT2D eigenvalue weighted by Gasteiger charge is -2.31. The average molecular weight is 321 g/mol. The number of aliphatic hydroxyl groups excluding tert-OH is 1. The van der Waals surface area contributed by atoms with Crippen molar-refractivity contribution in [3.05, 3.63) is 16.1 Å². The summed E-state index contributed by atoms with van der Waals surface area (Å²) in [6, 6.07) is 0. The molecule has 1 aromatic rings. The normalized spacial score (nSPS) is 11.5. The highest BCUT2D eigenvalue weighted by Gasteiger charge is 2.25. The summed E-state index contributed by atoms with van der Waals surface area (Å²) in [4.78, 5) is 8.10. The predicted molar refractivity (Wildman–Crippen MR) is 68.8 cm³/mol. The van der Waals surface area contributed by atoms with E-state index in [4.69, 9.17) is 0 Å². The number of hydrogen-bond acceptors (Lipinski definition) is 4. The Labute approximate surface area is 104 Å². The molecule has 0 aliphatic rings. The van der Waals surface area contributed by atoms with Crippen LogP contribution in [0.3, 0.4) is 0 Å². The van der Waals surface area contributed by atoms with Crippen LogP contribution in [0.1, 0.15) is 26.7 Å². The van der Waals surface area contributed by atoms with E-state index in [9.17, 15) is 5.11 Å². The fourth-order valence-corrected chi connectivity index (χ4v) is 1.78. The predicted octanol–water partition coefficient (Wildman–Crippen LogP) is 2.04. The minimum Gasteiger partial charge on any atom is -0.394 e. The van der Waals surface area contributed by atoms with Gasteiger partial charge in [-0.15, -0.1) is 0 Å². The third kappa shape index (κ3) is 3.01. The molecule has 2 N–H and O–H groups in total. The maximum absolute atomic E-state index is 9.42. The van der Waals surface area contributed by atoms with Crippen LogP contribution >= 0.6 is 22.6 Å². The molecular weight excluding hydrogens is 305 g/mol. The number of aliphatic hydroxyl groups is 1. The third-order valence-electron chi connectivity index (χ3n) is 2.71. The Hall–Kier alpha value is -0.430. The number of nitrogens with zero attached hydrogens (tertiary/aromatic N) is 2. The molecule has 84 valence electrons. The van der Waals surface area contributed by atoms with Gasteiger partial charge in [0.25, 0.3) is 0 Å². The van der Waals surface area contributed by atoms with Gasteiger partial charge in [0.1, 0.15) is 12.1 Å². The average Bonchev–Trinajstić information content (AvgIpc) is 2.29. The standard InChI is InChI=1S/C10H16IN3O/c1-3-10(4-2,6-15)14-9-8(11)5-12-7-13-9/h5,7,15H,3-4,6H2,1-2H3,(H,12,13,14). The maximum Gasteiger partial charge on any atom is 0.143 e. The lowest BCUT2D eigenvalue weighted by molar-refractivity contribution is 0.202. The number of anilines is 1. The van der Waals surface area contributed by atoms with Crippen LogP contribution in [0.2, 0.25) is 0 Å². The summed E-state index contributed by atoms with van der Waals surface area (Å²) in [5.41, 5.74) is -0.270. The van der Waals surface area contributed by atoms with Crippen molar-refractivity contribution >= 4 is 28.4 Å². The second-order valence-electron chi connectivity index (χ2n) is 3.49. The Bertz CT molecular complexity index is 307. The molecule has 0 atom stereocenters. The van der Waals surface area contributed by atoms with Crippen LogP contribution in [0.15, 0.2) is 12.5 Å². The summed E-state index contributed by atoms with van der Waals surface area (Å²) < 4.78 is 0.967. The Balaban J connectivity index is 2.88. The smallest absolute Gasteiger partial charge is 0.143 e. The van der Waals surface area contributed by atoms with E-state index < -0.39 is 0 Å². The maximum atomic E-state index is 9.42. The van der Waals surface area contributed by atoms with Gasteiger partial charge in [0, 0.05) is 6.20 Å². The molecule has 1 heterocycles. The van der Waals surface area contributed by atoms with Crippen molar-refractivity contribution in [1.29, 1.82) is 0 Å². The molecule has 0 aromatic carbocycles. The van der Waals surface area contributed by atoms with Crippen molar-refractivity contribution in [1.82, 2.24) is 9.97 Å². The van der Waals surface area contributed by atoms with E-state index in [1.807, 2.05) is 0 Å². The SMILES string of the molecule is CCC(CC)(CO)Nc1ncncc1I. The molecule has 0 saturated heterocycles. The number of nitrogens with one attached hydrogen (secondary N) is 1. The molecule has 0 fully saturated rings. The Morgan fingerprint density at radius 2 is 2.13 bits per heavy atom. The zero-order chi connectivity index (χ0) is 11.3. The van der Waals surface area contributed by atoms with Gasteiger partial charge in [0.05, 0.1) is 15.7 Å². The fourth-order valence-electron chi connectivity index (χ4n) is 1.35. The van der Waals surface area contributed by atoms with Crippen LogP contribution in [0.25, 0.3) is 0 Å². The molecule has 1 aromatic heterocycles. The molecule has 15 heavy (non-hydrogen) atoms. The van der Waals surface area contributed by atoms with E-state index >= 15 is 0 Å². The zero-order valence-corrected chi connectivity index (χ0v) is 11.2. The molecule has 0 spiro atoms. The second-order valence-corrected chi connectivity index (χ2v) is 4.65. The Morgan fingerprint density at radius 1 is 1.47 bits per heavy atom. The molecule has 0 unspecified atom stereocenters. The van der Waals surface area contributed by atoms with Crippen molar-refractivity contribution in [2.45, 2.75) is 32.2 Å². The second kappa shape index (κ2) is 5.60. The van der Waals surface area contributed by atoms with Gasteiger partial charge in [-0.05, 0) is 35.4 Å². The Morgan fingerprint density at radius 3 is 2.60 bits per heavy atom. The molecule has 5 heteroatoms. The molecule has 0 aliphatic heterocycles. The van der Waals surface area contributed by atoms with Crippen LogP contribution in [0.4, 0.5) is 5.82 Å². The highest BCUT2D eigenvalue weighted by atomic mass is 127. The summed E-state index contributed by atoms with van der Waals surface area (Å²) in [5.74, 6) is 0.795. The van der Waals surface area contributed by atoms with Crippen molar-refractivity contribution < 1.29 is 5.11 Å². The molecule has 1 rings (SSSR count). The highest BCUT2D eigenvalue weighted by molar-refractivity contribution is 14.1. The van der Waals surface area contributed by atoms with Crippen LogP contribution in [0, 0.1) is 3.57 Å². The lowest BCUT2D eigenvalue weighted by atomic mass is 9.94. The first-order valence-corrected chi connectivity index (χ1v) is 6.10. The molecule has 0 saturated carbocycles. The fraction of sp³-hybridized carbons (Fsp3) is 0.600. The van der Waals surface area contributed by atoms with Gasteiger partial charge in [-0.3, -0.25) is 0 Å². The van der Waals surface area contributed by atoms with Gasteiger partial charge in [0.15, 0.2) is 0 Å². The zero-order valence-electron chi connectivity index (χ0n) is 9.00. The topological polar surface area (TPSA) is 58.0 Å². The van der Waals surface area contributed by atoms with E-state index in [1.165, 1.54) is 6.33 Å². The summed E-state index contributed by atoms with van der Waals surface area (Å²) >= 11 is 2.18. The van der Waals surface area contributed by atoms with E-state index in [0.717, 1.165) is 22.2 Å². The highest BCUT2D eigenvalue weighted by Crippen LogP contribution is 2.23. The van der Waals surface area contributed by atoms with Gasteiger partial charge in [-0.1, -0.05) is 13.8 Å².